The SMILES string of the molecule is Cc1cccc(NC(=O)Cc2sc(=S)[nH]c2C)c1C. The van der Waals surface area contributed by atoms with Crippen molar-refractivity contribution in [1.29, 1.82) is 0 Å². The minimum atomic E-state index is -0.0120. The molecular formula is C14H16N2OS2. The Kier molecular flexibility index (Phi) is 4.17. The van der Waals surface area contributed by atoms with Gasteiger partial charge in [0, 0.05) is 16.3 Å². The average Bonchev–Trinajstić information content (AvgIpc) is 2.64. The van der Waals surface area contributed by atoms with E-state index in [9.17, 15) is 4.79 Å². The Labute approximate surface area is 121 Å². The molecule has 19 heavy (non-hydrogen) atoms. The number of carbonyl (C=O) groups excluding carboxylic acids is 1. The third-order valence-electron chi connectivity index (χ3n) is 3.12. The topological polar surface area (TPSA) is 44.9 Å². The highest BCUT2D eigenvalue weighted by Gasteiger charge is 2.10. The highest BCUT2D eigenvalue weighted by atomic mass is 32.1. The highest BCUT2D eigenvalue weighted by molar-refractivity contribution is 7.73. The van der Waals surface area contributed by atoms with E-state index in [0.717, 1.165) is 21.8 Å². The third-order valence-corrected chi connectivity index (χ3v) is 4.46. The molecule has 0 fully saturated rings. The van der Waals surface area contributed by atoms with Gasteiger partial charge >= 0.3 is 0 Å². The monoisotopic (exact) mass is 292 g/mol. The van der Waals surface area contributed by atoms with Gasteiger partial charge in [-0.05, 0) is 50.2 Å². The van der Waals surface area contributed by atoms with Gasteiger partial charge in [-0.2, -0.15) is 0 Å². The lowest BCUT2D eigenvalue weighted by molar-refractivity contribution is -0.115. The van der Waals surface area contributed by atoms with Gasteiger partial charge in [0.05, 0.1) is 6.42 Å². The number of aromatic amines is 1. The summed E-state index contributed by atoms with van der Waals surface area (Å²) in [7, 11) is 0. The summed E-state index contributed by atoms with van der Waals surface area (Å²) in [5, 5.41) is 2.96. The summed E-state index contributed by atoms with van der Waals surface area (Å²) in [4.78, 5) is 16.1. The molecule has 1 aromatic carbocycles. The molecule has 0 aliphatic rings. The number of anilines is 1. The molecule has 0 saturated heterocycles. The first-order valence-corrected chi connectivity index (χ1v) is 7.24. The van der Waals surface area contributed by atoms with E-state index in [1.165, 1.54) is 16.9 Å². The zero-order valence-electron chi connectivity index (χ0n) is 11.2. The van der Waals surface area contributed by atoms with Crippen molar-refractivity contribution in [3.8, 4) is 0 Å². The zero-order valence-corrected chi connectivity index (χ0v) is 12.8. The van der Waals surface area contributed by atoms with E-state index in [1.54, 1.807) is 0 Å². The number of amides is 1. The maximum Gasteiger partial charge on any atom is 0.229 e. The average molecular weight is 292 g/mol. The first-order valence-electron chi connectivity index (χ1n) is 6.02. The fourth-order valence-electron chi connectivity index (χ4n) is 1.83. The second-order valence-electron chi connectivity index (χ2n) is 4.54. The number of aromatic nitrogens is 1. The first kappa shape index (κ1) is 14.0. The summed E-state index contributed by atoms with van der Waals surface area (Å²) in [6.07, 6.45) is 0.358. The Morgan fingerprint density at radius 3 is 2.74 bits per heavy atom. The summed E-state index contributed by atoms with van der Waals surface area (Å²) in [5.74, 6) is -0.0120. The Balaban J connectivity index is 2.12. The quantitative estimate of drug-likeness (QED) is 0.842. The van der Waals surface area contributed by atoms with Gasteiger partial charge in [-0.1, -0.05) is 12.1 Å². The molecule has 0 saturated carbocycles. The van der Waals surface area contributed by atoms with Crippen LogP contribution in [-0.2, 0) is 11.2 Å². The van der Waals surface area contributed by atoms with Gasteiger partial charge < -0.3 is 10.3 Å². The van der Waals surface area contributed by atoms with Gasteiger partial charge in [-0.15, -0.1) is 11.3 Å². The number of thiazole rings is 1. The molecule has 5 heteroatoms. The van der Waals surface area contributed by atoms with E-state index in [0.29, 0.717) is 10.4 Å². The maximum absolute atomic E-state index is 12.1. The Hall–Kier alpha value is -1.46. The Morgan fingerprint density at radius 1 is 1.37 bits per heavy atom. The number of nitrogens with one attached hydrogen (secondary N) is 2. The molecule has 0 radical (unpaired) electrons. The summed E-state index contributed by atoms with van der Waals surface area (Å²) >= 11 is 6.53. The molecule has 2 N–H and O–H groups in total. The van der Waals surface area contributed by atoms with Crippen molar-refractivity contribution < 1.29 is 4.79 Å². The Morgan fingerprint density at radius 2 is 2.11 bits per heavy atom. The minimum absolute atomic E-state index is 0.0120. The van der Waals surface area contributed by atoms with Crippen LogP contribution in [0.25, 0.3) is 0 Å². The van der Waals surface area contributed by atoms with Crippen LogP contribution in [0.5, 0.6) is 0 Å². The number of hydrogen-bond acceptors (Lipinski definition) is 3. The molecule has 3 nitrogen and oxygen atoms in total. The van der Waals surface area contributed by atoms with Crippen molar-refractivity contribution in [3.63, 3.8) is 0 Å². The highest BCUT2D eigenvalue weighted by Crippen LogP contribution is 2.20. The van der Waals surface area contributed by atoms with E-state index in [4.69, 9.17) is 12.2 Å². The van der Waals surface area contributed by atoms with Crippen molar-refractivity contribution >= 4 is 35.1 Å². The van der Waals surface area contributed by atoms with Gasteiger partial charge in [0.1, 0.15) is 0 Å². The molecule has 1 heterocycles. The van der Waals surface area contributed by atoms with Crippen molar-refractivity contribution in [3.05, 3.63) is 43.9 Å². The lowest BCUT2D eigenvalue weighted by Gasteiger charge is -2.10. The maximum atomic E-state index is 12.1. The zero-order chi connectivity index (χ0) is 14.0. The van der Waals surface area contributed by atoms with Crippen LogP contribution in [0.3, 0.4) is 0 Å². The molecule has 0 unspecified atom stereocenters. The van der Waals surface area contributed by atoms with Crippen LogP contribution < -0.4 is 5.32 Å². The largest absolute Gasteiger partial charge is 0.341 e. The van der Waals surface area contributed by atoms with Crippen molar-refractivity contribution in [2.24, 2.45) is 0 Å². The third kappa shape index (κ3) is 3.30. The molecule has 2 aromatic rings. The number of carbonyl (C=O) groups is 1. The van der Waals surface area contributed by atoms with Crippen LogP contribution in [0.15, 0.2) is 18.2 Å². The fraction of sp³-hybridized carbons (Fsp3) is 0.286. The molecule has 0 spiro atoms. The van der Waals surface area contributed by atoms with Gasteiger partial charge in [0.25, 0.3) is 0 Å². The number of benzene rings is 1. The molecular weight excluding hydrogens is 276 g/mol. The van der Waals surface area contributed by atoms with E-state index < -0.39 is 0 Å². The first-order chi connectivity index (χ1) is 8.97. The van der Waals surface area contributed by atoms with Crippen molar-refractivity contribution in [2.45, 2.75) is 27.2 Å². The van der Waals surface area contributed by atoms with Crippen LogP contribution in [0.4, 0.5) is 5.69 Å². The van der Waals surface area contributed by atoms with E-state index in [2.05, 4.69) is 10.3 Å². The predicted molar refractivity (Wildman–Crippen MR) is 82.5 cm³/mol. The fourth-order valence-corrected chi connectivity index (χ4v) is 3.12. The van der Waals surface area contributed by atoms with Gasteiger partial charge in [0.15, 0.2) is 3.95 Å². The molecule has 1 aromatic heterocycles. The van der Waals surface area contributed by atoms with E-state index >= 15 is 0 Å². The molecule has 1 amide bonds. The van der Waals surface area contributed by atoms with Crippen molar-refractivity contribution in [1.82, 2.24) is 4.98 Å². The molecule has 2 rings (SSSR count). The van der Waals surface area contributed by atoms with Crippen LogP contribution in [0, 0.1) is 24.7 Å². The summed E-state index contributed by atoms with van der Waals surface area (Å²) in [6.45, 7) is 5.98. The van der Waals surface area contributed by atoms with Gasteiger partial charge in [-0.3, -0.25) is 4.79 Å². The minimum Gasteiger partial charge on any atom is -0.341 e. The van der Waals surface area contributed by atoms with Crippen LogP contribution in [0.1, 0.15) is 21.7 Å². The summed E-state index contributed by atoms with van der Waals surface area (Å²) in [5.41, 5.74) is 4.13. The summed E-state index contributed by atoms with van der Waals surface area (Å²) in [6, 6.07) is 5.91. The van der Waals surface area contributed by atoms with Crippen LogP contribution in [-0.4, -0.2) is 10.9 Å². The molecule has 0 atom stereocenters. The second kappa shape index (κ2) is 5.67. The molecule has 0 aliphatic heterocycles. The standard InChI is InChI=1S/C14H16N2OS2/c1-8-5-4-6-11(9(8)2)16-13(17)7-12-10(3)15-14(18)19-12/h4-6H,7H2,1-3H3,(H,15,18)(H,16,17). The normalized spacial score (nSPS) is 10.5. The van der Waals surface area contributed by atoms with E-state index in [1.807, 2.05) is 39.0 Å². The van der Waals surface area contributed by atoms with Gasteiger partial charge in [-0.25, -0.2) is 0 Å². The second-order valence-corrected chi connectivity index (χ2v) is 6.31. The summed E-state index contributed by atoms with van der Waals surface area (Å²) < 4.78 is 0.715. The lowest BCUT2D eigenvalue weighted by atomic mass is 10.1. The molecule has 100 valence electrons. The molecule has 0 aliphatic carbocycles. The van der Waals surface area contributed by atoms with E-state index in [-0.39, 0.29) is 5.91 Å². The number of aryl methyl sites for hydroxylation is 2. The smallest absolute Gasteiger partial charge is 0.229 e. The number of rotatable bonds is 3. The Bertz CT molecular complexity index is 670. The number of H-pyrrole nitrogens is 1. The lowest BCUT2D eigenvalue weighted by Crippen LogP contribution is -2.15. The van der Waals surface area contributed by atoms with Crippen LogP contribution in [0.2, 0.25) is 0 Å². The predicted octanol–water partition coefficient (Wildman–Crippen LogP) is 3.91. The van der Waals surface area contributed by atoms with Gasteiger partial charge in [0.2, 0.25) is 5.91 Å². The van der Waals surface area contributed by atoms with Crippen LogP contribution >= 0.6 is 23.6 Å². The van der Waals surface area contributed by atoms with Crippen molar-refractivity contribution in [2.75, 3.05) is 5.32 Å². The number of hydrogen-bond donors (Lipinski definition) is 2. The molecule has 0 bridgehead atoms.